The summed E-state index contributed by atoms with van der Waals surface area (Å²) in [6, 6.07) is 0. The van der Waals surface area contributed by atoms with E-state index in [0.29, 0.717) is 24.1 Å². The Kier molecular flexibility index (Phi) is 5.63. The molecule has 1 amide bonds. The highest BCUT2D eigenvalue weighted by molar-refractivity contribution is 5.81. The lowest BCUT2D eigenvalue weighted by Crippen LogP contribution is -2.51. The smallest absolute Gasteiger partial charge is 0.211 e. The van der Waals surface area contributed by atoms with Gasteiger partial charge >= 0.3 is 0 Å². The fourth-order valence-electron chi connectivity index (χ4n) is 4.09. The van der Waals surface area contributed by atoms with Gasteiger partial charge in [-0.1, -0.05) is 12.8 Å². The van der Waals surface area contributed by atoms with E-state index in [1.54, 1.807) is 0 Å². The number of carbonyl (C=O) groups excluding carboxylic acids is 1. The molecule has 0 radical (unpaired) electrons. The second-order valence-electron chi connectivity index (χ2n) is 7.42. The molecular formula is C18H26N6O5. The number of imidazole rings is 1. The fourth-order valence-corrected chi connectivity index (χ4v) is 4.09. The third-order valence-electron chi connectivity index (χ3n) is 5.68. The Balaban J connectivity index is 1.63. The van der Waals surface area contributed by atoms with Gasteiger partial charge in [0.15, 0.2) is 23.9 Å². The fraction of sp³-hybridized carbons (Fsp3) is 0.667. The molecule has 1 unspecified atom stereocenters. The minimum Gasteiger partial charge on any atom is -0.387 e. The summed E-state index contributed by atoms with van der Waals surface area (Å²) in [6.07, 6.45) is 2.05. The average molecular weight is 406 g/mol. The molecule has 1 aliphatic heterocycles. The second kappa shape index (κ2) is 8.19. The Labute approximate surface area is 167 Å². The summed E-state index contributed by atoms with van der Waals surface area (Å²) in [5.41, 5.74) is 6.59. The van der Waals surface area contributed by atoms with E-state index in [2.05, 4.69) is 15.0 Å². The van der Waals surface area contributed by atoms with E-state index in [4.69, 9.17) is 15.2 Å². The molecule has 1 saturated carbocycles. The van der Waals surface area contributed by atoms with Crippen molar-refractivity contribution in [3.05, 3.63) is 12.7 Å². The van der Waals surface area contributed by atoms with Crippen LogP contribution in [0.25, 0.3) is 11.2 Å². The molecule has 4 rings (SSSR count). The second-order valence-corrected chi connectivity index (χ2v) is 7.42. The molecular weight excluding hydrogens is 380 g/mol. The first kappa shape index (κ1) is 20.0. The molecule has 2 aliphatic rings. The highest BCUT2D eigenvalue weighted by Crippen LogP contribution is 2.36. The average Bonchev–Trinajstić information content (AvgIpc) is 3.44. The quantitative estimate of drug-likeness (QED) is 0.419. The van der Waals surface area contributed by atoms with Gasteiger partial charge in [0.2, 0.25) is 6.41 Å². The molecule has 4 N–H and O–H groups in total. The van der Waals surface area contributed by atoms with Crippen LogP contribution in [0.1, 0.15) is 38.8 Å². The van der Waals surface area contributed by atoms with Gasteiger partial charge in [0, 0.05) is 6.54 Å². The van der Waals surface area contributed by atoms with Crippen LogP contribution in [0.4, 0.5) is 5.82 Å². The monoisotopic (exact) mass is 406 g/mol. The van der Waals surface area contributed by atoms with E-state index < -0.39 is 30.8 Å². The molecule has 0 bridgehead atoms. The maximum atomic E-state index is 11.6. The van der Waals surface area contributed by atoms with E-state index in [1.165, 1.54) is 22.1 Å². The summed E-state index contributed by atoms with van der Waals surface area (Å²) in [7, 11) is 0. The number of likely N-dealkylation sites (N-methyl/N-ethyl adjacent to an activating group) is 1. The molecule has 11 heteroatoms. The van der Waals surface area contributed by atoms with Crippen molar-refractivity contribution in [3.63, 3.8) is 0 Å². The van der Waals surface area contributed by atoms with Crippen LogP contribution in [-0.4, -0.2) is 78.2 Å². The number of rotatable bonds is 7. The SMILES string of the molecule is CCN(C=O)C(OC1CCCC1)[C@H]1O[C@@H](n2cnc3c(N)ncnc32)[C@H](O)[C@@H]1O. The number of carbonyl (C=O) groups is 1. The van der Waals surface area contributed by atoms with E-state index in [1.807, 2.05) is 6.92 Å². The zero-order valence-electron chi connectivity index (χ0n) is 16.2. The Hall–Kier alpha value is -2.34. The van der Waals surface area contributed by atoms with E-state index in [9.17, 15) is 15.0 Å². The first-order chi connectivity index (χ1) is 14.0. The summed E-state index contributed by atoms with van der Waals surface area (Å²) in [6.45, 7) is 2.20. The van der Waals surface area contributed by atoms with Crippen molar-refractivity contribution in [2.24, 2.45) is 0 Å². The number of hydrogen-bond acceptors (Lipinski definition) is 9. The molecule has 29 heavy (non-hydrogen) atoms. The van der Waals surface area contributed by atoms with Crippen LogP contribution in [0.3, 0.4) is 0 Å². The van der Waals surface area contributed by atoms with Gasteiger partial charge in [0.1, 0.15) is 30.2 Å². The van der Waals surface area contributed by atoms with Crippen molar-refractivity contribution in [1.29, 1.82) is 0 Å². The first-order valence-electron chi connectivity index (χ1n) is 9.86. The van der Waals surface area contributed by atoms with Gasteiger partial charge in [-0.25, -0.2) is 15.0 Å². The van der Waals surface area contributed by atoms with Crippen LogP contribution in [-0.2, 0) is 14.3 Å². The largest absolute Gasteiger partial charge is 0.387 e. The molecule has 158 valence electrons. The minimum absolute atomic E-state index is 0.0115. The number of hydrogen-bond donors (Lipinski definition) is 3. The van der Waals surface area contributed by atoms with Crippen LogP contribution in [0.2, 0.25) is 0 Å². The van der Waals surface area contributed by atoms with Crippen molar-refractivity contribution in [2.75, 3.05) is 12.3 Å². The Morgan fingerprint density at radius 2 is 2.10 bits per heavy atom. The van der Waals surface area contributed by atoms with Gasteiger partial charge < -0.3 is 30.3 Å². The molecule has 2 aromatic heterocycles. The Morgan fingerprint density at radius 3 is 2.79 bits per heavy atom. The normalized spacial score (nSPS) is 28.8. The molecule has 1 saturated heterocycles. The van der Waals surface area contributed by atoms with Crippen LogP contribution in [0.5, 0.6) is 0 Å². The molecule has 0 aromatic carbocycles. The Bertz CT molecular complexity index is 856. The van der Waals surface area contributed by atoms with Crippen molar-refractivity contribution in [1.82, 2.24) is 24.4 Å². The number of ether oxygens (including phenoxy) is 2. The van der Waals surface area contributed by atoms with Crippen LogP contribution in [0, 0.1) is 0 Å². The zero-order valence-corrected chi connectivity index (χ0v) is 16.2. The third-order valence-corrected chi connectivity index (χ3v) is 5.68. The Morgan fingerprint density at radius 1 is 1.34 bits per heavy atom. The number of nitrogen functional groups attached to an aromatic ring is 1. The lowest BCUT2D eigenvalue weighted by Gasteiger charge is -2.34. The summed E-state index contributed by atoms with van der Waals surface area (Å²) < 4.78 is 13.7. The van der Waals surface area contributed by atoms with Crippen molar-refractivity contribution >= 4 is 23.4 Å². The topological polar surface area (TPSA) is 149 Å². The number of nitrogens with zero attached hydrogens (tertiary/aromatic N) is 5. The van der Waals surface area contributed by atoms with E-state index >= 15 is 0 Å². The number of aliphatic hydroxyl groups is 2. The number of aliphatic hydroxyl groups excluding tert-OH is 2. The standard InChI is InChI=1S/C18H26N6O5/c1-2-23(9-25)18(28-10-5-3-4-6-10)14-12(26)13(27)17(29-14)24-8-22-11-15(19)20-7-21-16(11)24/h7-10,12-14,17-18,26-27H,2-6H2,1H3,(H2,19,20,21)/t12-,13+,14-,17+,18?/m0/s1. The van der Waals surface area contributed by atoms with Crippen molar-refractivity contribution in [2.45, 2.75) is 69.5 Å². The maximum absolute atomic E-state index is 11.6. The van der Waals surface area contributed by atoms with Crippen molar-refractivity contribution < 1.29 is 24.5 Å². The van der Waals surface area contributed by atoms with Gasteiger partial charge in [0.05, 0.1) is 12.4 Å². The molecule has 3 heterocycles. The highest BCUT2D eigenvalue weighted by Gasteiger charge is 2.50. The van der Waals surface area contributed by atoms with Crippen molar-refractivity contribution in [3.8, 4) is 0 Å². The minimum atomic E-state index is -1.27. The van der Waals surface area contributed by atoms with E-state index in [-0.39, 0.29) is 11.9 Å². The maximum Gasteiger partial charge on any atom is 0.211 e. The van der Waals surface area contributed by atoms with Gasteiger partial charge in [0.25, 0.3) is 0 Å². The predicted octanol–water partition coefficient (Wildman–Crippen LogP) is -0.209. The number of nitrogens with two attached hydrogens (primary N) is 1. The van der Waals surface area contributed by atoms with Gasteiger partial charge in [-0.15, -0.1) is 0 Å². The number of amides is 1. The molecule has 2 aromatic rings. The van der Waals surface area contributed by atoms with Crippen LogP contribution in [0.15, 0.2) is 12.7 Å². The molecule has 0 spiro atoms. The van der Waals surface area contributed by atoms with Crippen LogP contribution >= 0.6 is 0 Å². The van der Waals surface area contributed by atoms with Gasteiger partial charge in [-0.05, 0) is 19.8 Å². The van der Waals surface area contributed by atoms with Gasteiger partial charge in [-0.2, -0.15) is 0 Å². The highest BCUT2D eigenvalue weighted by atomic mass is 16.6. The summed E-state index contributed by atoms with van der Waals surface area (Å²) in [5, 5.41) is 21.5. The zero-order chi connectivity index (χ0) is 20.5. The molecule has 11 nitrogen and oxygen atoms in total. The first-order valence-corrected chi connectivity index (χ1v) is 9.86. The van der Waals surface area contributed by atoms with Gasteiger partial charge in [-0.3, -0.25) is 9.36 Å². The number of fused-ring (bicyclic) bond motifs is 1. The summed E-state index contributed by atoms with van der Waals surface area (Å²) in [4.78, 5) is 25.3. The summed E-state index contributed by atoms with van der Waals surface area (Å²) in [5.74, 6) is 0.207. The molecule has 1 aliphatic carbocycles. The predicted molar refractivity (Wildman–Crippen MR) is 101 cm³/mol. The lowest BCUT2D eigenvalue weighted by molar-refractivity contribution is -0.184. The third kappa shape index (κ3) is 3.54. The number of anilines is 1. The van der Waals surface area contributed by atoms with Crippen LogP contribution < -0.4 is 5.73 Å². The number of aromatic nitrogens is 4. The summed E-state index contributed by atoms with van der Waals surface area (Å²) >= 11 is 0. The van der Waals surface area contributed by atoms with E-state index in [0.717, 1.165) is 25.7 Å². The lowest BCUT2D eigenvalue weighted by atomic mass is 10.1. The molecule has 2 fully saturated rings. The molecule has 5 atom stereocenters.